The molecule has 100 valence electrons. The lowest BCUT2D eigenvalue weighted by molar-refractivity contribution is 0.578. The first-order valence-electron chi connectivity index (χ1n) is 5.22. The largest absolute Gasteiger partial charge is 0.205 e. The molecule has 0 aliphatic rings. The average molecular weight is 290 g/mol. The highest BCUT2D eigenvalue weighted by atomic mass is 19.1. The molecule has 0 radical (unpaired) electrons. The third-order valence-corrected chi connectivity index (χ3v) is 2.55. The quantitative estimate of drug-likeness (QED) is 0.663. The summed E-state index contributed by atoms with van der Waals surface area (Å²) in [6.45, 7) is 0. The van der Waals surface area contributed by atoms with Crippen LogP contribution in [0.2, 0.25) is 0 Å². The summed E-state index contributed by atoms with van der Waals surface area (Å²) in [5.41, 5.74) is -3.89. The fraction of sp³-hybridized carbons (Fsp3) is 0. The molecule has 0 bridgehead atoms. The van der Waals surface area contributed by atoms with E-state index in [0.29, 0.717) is 0 Å². The Morgan fingerprint density at radius 2 is 0.864 bits per heavy atom. The summed E-state index contributed by atoms with van der Waals surface area (Å²) < 4.78 is 28.6. The highest BCUT2D eigenvalue weighted by Gasteiger charge is 2.22. The molecule has 1 aromatic rings. The van der Waals surface area contributed by atoms with Gasteiger partial charge in [-0.1, -0.05) is 0 Å². The molecule has 22 heavy (non-hydrogen) atoms. The third-order valence-electron chi connectivity index (χ3n) is 2.55. The van der Waals surface area contributed by atoms with Crippen molar-refractivity contribution >= 4 is 11.1 Å². The van der Waals surface area contributed by atoms with E-state index in [-0.39, 0.29) is 0 Å². The summed E-state index contributed by atoms with van der Waals surface area (Å²) in [6.07, 6.45) is 0. The molecule has 0 spiro atoms. The molecule has 6 nitrogen and oxygen atoms in total. The molecule has 1 rings (SSSR count). The van der Waals surface area contributed by atoms with Crippen molar-refractivity contribution in [1.29, 1.82) is 31.6 Å². The molecule has 0 saturated heterocycles. The fourth-order valence-electron chi connectivity index (χ4n) is 1.64. The number of halogens is 2. The van der Waals surface area contributed by atoms with Crippen LogP contribution >= 0.6 is 0 Å². The van der Waals surface area contributed by atoms with E-state index in [1.807, 2.05) is 0 Å². The molecule has 0 aliphatic heterocycles. The average Bonchev–Trinajstić information content (AvgIpc) is 2.53. The van der Waals surface area contributed by atoms with E-state index in [1.165, 1.54) is 36.4 Å². The topological polar surface area (TPSA) is 143 Å². The van der Waals surface area contributed by atoms with Gasteiger partial charge in [0.1, 0.15) is 58.7 Å². The maximum absolute atomic E-state index is 14.3. The van der Waals surface area contributed by atoms with Crippen LogP contribution in [0.5, 0.6) is 0 Å². The van der Waals surface area contributed by atoms with Gasteiger partial charge in [-0.25, -0.2) is 8.78 Å². The molecule has 0 atom stereocenters. The first kappa shape index (κ1) is 15.8. The Hall–Kier alpha value is -4.24. The van der Waals surface area contributed by atoms with Crippen LogP contribution in [0.1, 0.15) is 11.1 Å². The first-order valence-corrected chi connectivity index (χ1v) is 5.22. The second-order valence-electron chi connectivity index (χ2n) is 3.55. The van der Waals surface area contributed by atoms with Gasteiger partial charge in [0, 0.05) is 0 Å². The van der Waals surface area contributed by atoms with E-state index < -0.39 is 44.3 Å². The van der Waals surface area contributed by atoms with Crippen LogP contribution in [0, 0.1) is 79.6 Å². The van der Waals surface area contributed by atoms with Crippen LogP contribution in [0.3, 0.4) is 0 Å². The van der Waals surface area contributed by atoms with Gasteiger partial charge in [0.15, 0.2) is 11.6 Å². The van der Waals surface area contributed by atoms with E-state index in [9.17, 15) is 8.78 Å². The van der Waals surface area contributed by atoms with Gasteiger partial charge in [-0.3, -0.25) is 0 Å². The van der Waals surface area contributed by atoms with Crippen molar-refractivity contribution in [2.45, 2.75) is 0 Å². The van der Waals surface area contributed by atoms with Crippen LogP contribution in [0.25, 0.3) is 11.1 Å². The van der Waals surface area contributed by atoms with Crippen molar-refractivity contribution in [2.24, 2.45) is 0 Å². The number of nitriles is 6. The Kier molecular flexibility index (Phi) is 4.51. The van der Waals surface area contributed by atoms with Gasteiger partial charge in [0.05, 0.1) is 10.4 Å². The SMILES string of the molecule is N#CC(C#N)=c1c(F)c(C#N)c(=C(C#N)C#N)c(F)c1C#N. The zero-order valence-electron chi connectivity index (χ0n) is 10.4. The third kappa shape index (κ3) is 2.17. The Bertz CT molecular complexity index is 937. The zero-order chi connectivity index (χ0) is 16.9. The van der Waals surface area contributed by atoms with E-state index in [2.05, 4.69) is 0 Å². The maximum atomic E-state index is 14.3. The predicted octanol–water partition coefficient (Wildman–Crippen LogP) is 0.104. The summed E-state index contributed by atoms with van der Waals surface area (Å²) in [6, 6.07) is 7.70. The summed E-state index contributed by atoms with van der Waals surface area (Å²) >= 11 is 0. The van der Waals surface area contributed by atoms with Crippen LogP contribution in [0.4, 0.5) is 8.78 Å². The Morgan fingerprint density at radius 1 is 0.591 bits per heavy atom. The molecule has 0 aliphatic carbocycles. The number of hydrogen-bond acceptors (Lipinski definition) is 6. The molecule has 0 heterocycles. The highest BCUT2D eigenvalue weighted by Crippen LogP contribution is 2.07. The lowest BCUT2D eigenvalue weighted by Gasteiger charge is -2.03. The van der Waals surface area contributed by atoms with Gasteiger partial charge in [0.25, 0.3) is 0 Å². The molecule has 0 amide bonds. The predicted molar refractivity (Wildman–Crippen MR) is 64.3 cm³/mol. The molecular formula is C14F2N6. The molecule has 8 heteroatoms. The smallest absolute Gasteiger partial charge is 0.152 e. The van der Waals surface area contributed by atoms with Crippen molar-refractivity contribution in [1.82, 2.24) is 0 Å². The number of hydrogen-bond donors (Lipinski definition) is 0. The first-order chi connectivity index (χ1) is 10.5. The monoisotopic (exact) mass is 290 g/mol. The maximum Gasteiger partial charge on any atom is 0.152 e. The van der Waals surface area contributed by atoms with Crippen LogP contribution in [-0.2, 0) is 0 Å². The summed E-state index contributed by atoms with van der Waals surface area (Å²) in [4.78, 5) is 0. The summed E-state index contributed by atoms with van der Waals surface area (Å²) in [7, 11) is 0. The summed E-state index contributed by atoms with van der Waals surface area (Å²) in [5.74, 6) is -3.03. The standard InChI is InChI=1S/C14F2N6/c15-13-10(6-22)12(8(3-19)4-20)14(16)9(5-21)11(13)7(1-17)2-18. The van der Waals surface area contributed by atoms with Crippen molar-refractivity contribution in [3.05, 3.63) is 33.2 Å². The van der Waals surface area contributed by atoms with E-state index in [1.54, 1.807) is 0 Å². The van der Waals surface area contributed by atoms with E-state index in [4.69, 9.17) is 31.6 Å². The molecule has 0 saturated carbocycles. The molecule has 0 N–H and O–H groups in total. The highest BCUT2D eigenvalue weighted by molar-refractivity contribution is 5.77. The van der Waals surface area contributed by atoms with Gasteiger partial charge in [-0.2, -0.15) is 31.6 Å². The van der Waals surface area contributed by atoms with Gasteiger partial charge >= 0.3 is 0 Å². The Balaban J connectivity index is 4.60. The second-order valence-corrected chi connectivity index (χ2v) is 3.55. The van der Waals surface area contributed by atoms with Crippen LogP contribution < -0.4 is 10.4 Å². The van der Waals surface area contributed by atoms with Crippen molar-refractivity contribution < 1.29 is 8.78 Å². The van der Waals surface area contributed by atoms with Crippen molar-refractivity contribution in [3.8, 4) is 36.4 Å². The Morgan fingerprint density at radius 3 is 1.05 bits per heavy atom. The van der Waals surface area contributed by atoms with Crippen LogP contribution in [-0.4, -0.2) is 0 Å². The van der Waals surface area contributed by atoms with Crippen molar-refractivity contribution in [2.75, 3.05) is 0 Å². The van der Waals surface area contributed by atoms with Crippen molar-refractivity contribution in [3.63, 3.8) is 0 Å². The Labute approximate surface area is 122 Å². The number of benzene rings is 1. The minimum absolute atomic E-state index is 0.911. The lowest BCUT2D eigenvalue weighted by atomic mass is 9.99. The van der Waals surface area contributed by atoms with Crippen LogP contribution in [0.15, 0.2) is 0 Å². The van der Waals surface area contributed by atoms with Gasteiger partial charge in [-0.15, -0.1) is 0 Å². The molecule has 0 aromatic heterocycles. The molecule has 0 unspecified atom stereocenters. The zero-order valence-corrected chi connectivity index (χ0v) is 10.4. The summed E-state index contributed by atoms with van der Waals surface area (Å²) in [5, 5.41) is 50.9. The van der Waals surface area contributed by atoms with E-state index >= 15 is 0 Å². The van der Waals surface area contributed by atoms with Gasteiger partial charge in [-0.05, 0) is 0 Å². The fourth-order valence-corrected chi connectivity index (χ4v) is 1.64. The van der Waals surface area contributed by atoms with Gasteiger partial charge < -0.3 is 0 Å². The molecule has 0 fully saturated rings. The minimum Gasteiger partial charge on any atom is -0.205 e. The number of rotatable bonds is 0. The number of nitrogens with zero attached hydrogens (tertiary/aromatic N) is 6. The lowest BCUT2D eigenvalue weighted by Crippen LogP contribution is -2.30. The van der Waals surface area contributed by atoms with Gasteiger partial charge in [0.2, 0.25) is 0 Å². The van der Waals surface area contributed by atoms with E-state index in [0.717, 1.165) is 0 Å². The minimum atomic E-state index is -1.52. The molecule has 1 aromatic carbocycles. The normalized spacial score (nSPS) is 8.18. The molecular weight excluding hydrogens is 290 g/mol. The second kappa shape index (κ2) is 6.27.